The molecule has 0 aliphatic heterocycles. The molecular formula is C36H71NO5. The lowest BCUT2D eigenvalue weighted by Gasteiger charge is -2.18. The largest absolute Gasteiger partial charge is 0.462 e. The van der Waals surface area contributed by atoms with Gasteiger partial charge in [0.1, 0.15) is 6.10 Å². The summed E-state index contributed by atoms with van der Waals surface area (Å²) in [6.07, 6.45) is 32.2. The molecule has 0 heterocycles. The van der Waals surface area contributed by atoms with Gasteiger partial charge in [0.2, 0.25) is 0 Å². The maximum absolute atomic E-state index is 12.5. The van der Waals surface area contributed by atoms with E-state index in [-0.39, 0.29) is 18.2 Å². The smallest absolute Gasteiger partial charge is 0.404 e. The molecule has 0 radical (unpaired) electrons. The average molecular weight is 598 g/mol. The molecule has 1 amide bonds. The van der Waals surface area contributed by atoms with Crippen LogP contribution < -0.4 is 5.73 Å². The highest BCUT2D eigenvalue weighted by Gasteiger charge is 2.14. The lowest BCUT2D eigenvalue weighted by atomic mass is 10.0. The minimum atomic E-state index is -0.682. The van der Waals surface area contributed by atoms with Gasteiger partial charge in [0.05, 0.1) is 12.7 Å². The number of carbonyl (C=O) groups excluding carboxylic acids is 2. The fourth-order valence-corrected chi connectivity index (χ4v) is 5.67. The summed E-state index contributed by atoms with van der Waals surface area (Å²) in [7, 11) is 0. The summed E-state index contributed by atoms with van der Waals surface area (Å²) >= 11 is 0. The number of hydrogen-bond acceptors (Lipinski definition) is 5. The van der Waals surface area contributed by atoms with Crippen molar-refractivity contribution in [3.8, 4) is 0 Å². The van der Waals surface area contributed by atoms with E-state index in [1.54, 1.807) is 0 Å². The molecule has 6 heteroatoms. The number of hydrogen-bond donors (Lipinski definition) is 2. The van der Waals surface area contributed by atoms with E-state index in [0.29, 0.717) is 13.0 Å². The van der Waals surface area contributed by atoms with Crippen LogP contribution in [0.15, 0.2) is 0 Å². The van der Waals surface area contributed by atoms with Crippen molar-refractivity contribution in [2.45, 2.75) is 212 Å². The van der Waals surface area contributed by atoms with Gasteiger partial charge >= 0.3 is 12.1 Å². The van der Waals surface area contributed by atoms with Crippen LogP contribution in [0.5, 0.6) is 0 Å². The van der Waals surface area contributed by atoms with Crippen LogP contribution in [-0.4, -0.2) is 36.0 Å². The van der Waals surface area contributed by atoms with E-state index in [0.717, 1.165) is 70.6 Å². The van der Waals surface area contributed by atoms with Crippen molar-refractivity contribution in [3.63, 3.8) is 0 Å². The van der Waals surface area contributed by atoms with Gasteiger partial charge in [-0.05, 0) is 51.4 Å². The number of amides is 1. The van der Waals surface area contributed by atoms with E-state index in [2.05, 4.69) is 13.8 Å². The molecule has 0 bridgehead atoms. The van der Waals surface area contributed by atoms with Crippen LogP contribution in [0.4, 0.5) is 4.79 Å². The molecule has 0 saturated carbocycles. The molecule has 0 spiro atoms. The van der Waals surface area contributed by atoms with E-state index >= 15 is 0 Å². The highest BCUT2D eigenvalue weighted by Crippen LogP contribution is 2.19. The van der Waals surface area contributed by atoms with Crippen LogP contribution in [0.3, 0.4) is 0 Å². The first-order valence-corrected chi connectivity index (χ1v) is 18.3. The predicted octanol–water partition coefficient (Wildman–Crippen LogP) is 10.7. The lowest BCUT2D eigenvalue weighted by Crippen LogP contribution is -2.18. The molecule has 6 nitrogen and oxygen atoms in total. The third kappa shape index (κ3) is 31.6. The first-order valence-electron chi connectivity index (χ1n) is 18.3. The van der Waals surface area contributed by atoms with Crippen molar-refractivity contribution >= 4 is 12.1 Å². The standard InChI is InChI=1S/C36H71NO5/c1-3-5-7-21-27-33(38)28-22-17-13-9-10-15-19-25-31-35(39)42-34(29-23-8-6-4-2)30-24-18-14-11-12-16-20-26-32-41-36(37)40/h33-34,38H,3-32H2,1-2H3,(H2,37,40). The number of aliphatic hydroxyl groups excluding tert-OH is 1. The van der Waals surface area contributed by atoms with Crippen LogP contribution in [0.1, 0.15) is 200 Å². The number of aliphatic hydroxyl groups is 1. The monoisotopic (exact) mass is 598 g/mol. The number of carbonyl (C=O) groups is 2. The Bertz CT molecular complexity index is 585. The Kier molecular flexibility index (Phi) is 31.6. The molecule has 3 N–H and O–H groups in total. The molecule has 0 aromatic carbocycles. The van der Waals surface area contributed by atoms with Crippen LogP contribution >= 0.6 is 0 Å². The van der Waals surface area contributed by atoms with Gasteiger partial charge in [-0.25, -0.2) is 4.79 Å². The molecule has 0 aromatic heterocycles. The van der Waals surface area contributed by atoms with Gasteiger partial charge in [0.15, 0.2) is 0 Å². The summed E-state index contributed by atoms with van der Waals surface area (Å²) in [6, 6.07) is 0. The molecule has 250 valence electrons. The van der Waals surface area contributed by atoms with Crippen molar-refractivity contribution in [2.75, 3.05) is 6.61 Å². The lowest BCUT2D eigenvalue weighted by molar-refractivity contribution is -0.150. The third-order valence-electron chi connectivity index (χ3n) is 8.40. The van der Waals surface area contributed by atoms with Crippen molar-refractivity contribution in [3.05, 3.63) is 0 Å². The summed E-state index contributed by atoms with van der Waals surface area (Å²) in [5.74, 6) is 0.00376. The van der Waals surface area contributed by atoms with Gasteiger partial charge in [0, 0.05) is 6.42 Å². The second-order valence-electron chi connectivity index (χ2n) is 12.6. The Morgan fingerprint density at radius 2 is 0.929 bits per heavy atom. The number of esters is 1. The minimum absolute atomic E-state index is 0.00376. The van der Waals surface area contributed by atoms with Crippen LogP contribution in [0.25, 0.3) is 0 Å². The Morgan fingerprint density at radius 3 is 1.38 bits per heavy atom. The molecular weight excluding hydrogens is 526 g/mol. The fourth-order valence-electron chi connectivity index (χ4n) is 5.67. The maximum Gasteiger partial charge on any atom is 0.404 e. The van der Waals surface area contributed by atoms with Crippen LogP contribution in [-0.2, 0) is 14.3 Å². The second-order valence-corrected chi connectivity index (χ2v) is 12.6. The Hall–Kier alpha value is -1.30. The van der Waals surface area contributed by atoms with Crippen molar-refractivity contribution < 1.29 is 24.2 Å². The quantitative estimate of drug-likeness (QED) is 0.0579. The molecule has 0 aliphatic rings. The SMILES string of the molecule is CCCCCCC(O)CCCCCCCCCCC(=O)OC(CCCCCC)CCCCCCCCCCOC(N)=O. The molecule has 2 unspecified atom stereocenters. The van der Waals surface area contributed by atoms with Crippen molar-refractivity contribution in [1.82, 2.24) is 0 Å². The summed E-state index contributed by atoms with van der Waals surface area (Å²) in [5, 5.41) is 10.1. The van der Waals surface area contributed by atoms with E-state index in [4.69, 9.17) is 15.2 Å². The summed E-state index contributed by atoms with van der Waals surface area (Å²) in [6.45, 7) is 4.89. The summed E-state index contributed by atoms with van der Waals surface area (Å²) in [5.41, 5.74) is 4.97. The Balaban J connectivity index is 3.82. The van der Waals surface area contributed by atoms with Gasteiger partial charge in [0.25, 0.3) is 0 Å². The molecule has 0 saturated heterocycles. The number of unbranched alkanes of at least 4 members (excludes halogenated alkanes) is 20. The zero-order valence-electron chi connectivity index (χ0n) is 28.0. The first-order chi connectivity index (χ1) is 20.5. The molecule has 0 aliphatic carbocycles. The molecule has 0 aromatic rings. The minimum Gasteiger partial charge on any atom is -0.462 e. The summed E-state index contributed by atoms with van der Waals surface area (Å²) < 4.78 is 10.7. The Morgan fingerprint density at radius 1 is 0.548 bits per heavy atom. The molecule has 0 rings (SSSR count). The summed E-state index contributed by atoms with van der Waals surface area (Å²) in [4.78, 5) is 23.1. The maximum atomic E-state index is 12.5. The number of nitrogens with two attached hydrogens (primary N) is 1. The van der Waals surface area contributed by atoms with Gasteiger partial charge in [-0.1, -0.05) is 142 Å². The second kappa shape index (κ2) is 32.6. The fraction of sp³-hybridized carbons (Fsp3) is 0.944. The number of ether oxygens (including phenoxy) is 2. The van der Waals surface area contributed by atoms with E-state index < -0.39 is 6.09 Å². The molecule has 2 atom stereocenters. The van der Waals surface area contributed by atoms with Crippen LogP contribution in [0, 0.1) is 0 Å². The average Bonchev–Trinajstić information content (AvgIpc) is 2.96. The molecule has 42 heavy (non-hydrogen) atoms. The van der Waals surface area contributed by atoms with E-state index in [9.17, 15) is 14.7 Å². The third-order valence-corrected chi connectivity index (χ3v) is 8.40. The normalized spacial score (nSPS) is 12.7. The zero-order chi connectivity index (χ0) is 30.9. The van der Waals surface area contributed by atoms with Gasteiger partial charge in [-0.3, -0.25) is 4.79 Å². The Labute approximate surface area is 260 Å². The highest BCUT2D eigenvalue weighted by atomic mass is 16.5. The molecule has 0 fully saturated rings. The number of rotatable bonds is 33. The van der Waals surface area contributed by atoms with Gasteiger partial charge in [-0.2, -0.15) is 0 Å². The zero-order valence-corrected chi connectivity index (χ0v) is 28.0. The van der Waals surface area contributed by atoms with E-state index in [1.807, 2.05) is 0 Å². The van der Waals surface area contributed by atoms with E-state index in [1.165, 1.54) is 109 Å². The topological polar surface area (TPSA) is 98.8 Å². The highest BCUT2D eigenvalue weighted by molar-refractivity contribution is 5.69. The van der Waals surface area contributed by atoms with Crippen LogP contribution in [0.2, 0.25) is 0 Å². The van der Waals surface area contributed by atoms with Crippen molar-refractivity contribution in [1.29, 1.82) is 0 Å². The predicted molar refractivity (Wildman–Crippen MR) is 177 cm³/mol. The van der Waals surface area contributed by atoms with Crippen molar-refractivity contribution in [2.24, 2.45) is 5.73 Å². The number of primary amides is 1. The van der Waals surface area contributed by atoms with Gasteiger partial charge in [-0.15, -0.1) is 0 Å². The first kappa shape index (κ1) is 40.7. The van der Waals surface area contributed by atoms with Gasteiger partial charge < -0.3 is 20.3 Å².